The van der Waals surface area contributed by atoms with E-state index in [1.54, 1.807) is 0 Å². The van der Waals surface area contributed by atoms with E-state index in [2.05, 4.69) is 0 Å². The Balaban J connectivity index is -0.0000000575. The first kappa shape index (κ1) is 15.7. The predicted molar refractivity (Wildman–Crippen MR) is 15.2 cm³/mol. The molecule has 0 aliphatic heterocycles. The number of hydrogen-bond donors (Lipinski definition) is 1. The molecule has 5 nitrogen and oxygen atoms in total. The van der Waals surface area contributed by atoms with Gasteiger partial charge in [-0.05, 0) is 0 Å². The average molecular weight is 144 g/mol. The molecule has 0 aliphatic carbocycles. The summed E-state index contributed by atoms with van der Waals surface area (Å²) in [6.07, 6.45) is -2.08. The summed E-state index contributed by atoms with van der Waals surface area (Å²) in [4.78, 5) is 8.44. The van der Waals surface area contributed by atoms with Crippen molar-refractivity contribution < 1.29 is 53.5 Å². The minimum absolute atomic E-state index is 0. The molecule has 0 aromatic carbocycles. The molecule has 0 unspecified atom stereocenters. The van der Waals surface area contributed by atoms with Crippen LogP contribution in [-0.4, -0.2) is 20.6 Å². The third-order valence-electron chi connectivity index (χ3n) is 0. The third kappa shape index (κ3) is 20900. The molecular formula is CHNaO5Si. The van der Waals surface area contributed by atoms with E-state index < -0.39 is 15.4 Å². The van der Waals surface area contributed by atoms with Gasteiger partial charge in [0.15, 0.2) is 0 Å². The fourth-order valence-corrected chi connectivity index (χ4v) is 0. The molecule has 0 heterocycles. The van der Waals surface area contributed by atoms with Crippen molar-refractivity contribution >= 4 is 15.4 Å². The molecule has 0 amide bonds. The van der Waals surface area contributed by atoms with Gasteiger partial charge in [-0.25, -0.2) is 0 Å². The van der Waals surface area contributed by atoms with E-state index in [4.69, 9.17) is 23.9 Å². The van der Waals surface area contributed by atoms with Crippen LogP contribution in [0.4, 0.5) is 4.79 Å². The van der Waals surface area contributed by atoms with Crippen LogP contribution in [0.2, 0.25) is 0 Å². The Morgan fingerprint density at radius 1 is 1.50 bits per heavy atom. The van der Waals surface area contributed by atoms with Gasteiger partial charge in [0, 0.05) is 0 Å². The van der Waals surface area contributed by atoms with E-state index in [1.807, 2.05) is 0 Å². The van der Waals surface area contributed by atoms with Crippen LogP contribution in [0.1, 0.15) is 0 Å². The van der Waals surface area contributed by atoms with Gasteiger partial charge in [-0.3, -0.25) is 8.92 Å². The molecule has 0 rings (SSSR count). The van der Waals surface area contributed by atoms with Crippen LogP contribution in [0.25, 0.3) is 0 Å². The van der Waals surface area contributed by atoms with Crippen molar-refractivity contribution in [1.82, 2.24) is 0 Å². The molecule has 1 N–H and O–H groups in total. The van der Waals surface area contributed by atoms with Crippen molar-refractivity contribution in [3.63, 3.8) is 0 Å². The molecule has 0 bridgehead atoms. The van der Waals surface area contributed by atoms with Crippen molar-refractivity contribution in [1.29, 1.82) is 0 Å². The third-order valence-corrected chi connectivity index (χ3v) is 0. The molecule has 0 aromatic heterocycles. The zero-order valence-electron chi connectivity index (χ0n) is 4.08. The number of carboxylic acid groups (broad SMARTS) is 2. The molecule has 8 heavy (non-hydrogen) atoms. The van der Waals surface area contributed by atoms with E-state index in [0.717, 1.165) is 0 Å². The smallest absolute Gasteiger partial charge is 0.565 e. The van der Waals surface area contributed by atoms with Gasteiger partial charge in [0.2, 0.25) is 6.16 Å². The Morgan fingerprint density at radius 3 is 1.50 bits per heavy atom. The van der Waals surface area contributed by atoms with Crippen molar-refractivity contribution in [2.45, 2.75) is 0 Å². The zero-order chi connectivity index (χ0) is 6.28. The van der Waals surface area contributed by atoms with E-state index in [1.165, 1.54) is 0 Å². The number of hydrogen-bond acceptors (Lipinski definition) is 4. The molecular weight excluding hydrogens is 143 g/mol. The second-order valence-corrected chi connectivity index (χ2v) is 0.516. The first-order chi connectivity index (χ1) is 3.15. The molecule has 0 radical (unpaired) electrons. The Bertz CT molecular complexity index is 80.4. The Hall–Kier alpha value is 0.0869. The fraction of sp³-hybridized carbons (Fsp3) is 0. The summed E-state index contributed by atoms with van der Waals surface area (Å²) in [6, 6.07) is 0. The van der Waals surface area contributed by atoms with Crippen LogP contribution < -0.4 is 34.7 Å². The molecule has 0 saturated carbocycles. The Morgan fingerprint density at radius 2 is 1.50 bits per heavy atom. The molecule has 0 aliphatic rings. The fourth-order valence-electron chi connectivity index (χ4n) is 0. The number of rotatable bonds is 0. The van der Waals surface area contributed by atoms with Crippen molar-refractivity contribution in [3.8, 4) is 0 Å². The van der Waals surface area contributed by atoms with E-state index in [9.17, 15) is 0 Å². The summed E-state index contributed by atoms with van der Waals surface area (Å²) in [5.74, 6) is 0. The minimum atomic E-state index is -2.08. The van der Waals surface area contributed by atoms with Gasteiger partial charge >= 0.3 is 38.8 Å². The van der Waals surface area contributed by atoms with Gasteiger partial charge in [0.05, 0.1) is 0 Å². The van der Waals surface area contributed by atoms with Crippen LogP contribution in [0.15, 0.2) is 0 Å². The van der Waals surface area contributed by atoms with Crippen LogP contribution in [0.3, 0.4) is 0 Å². The maximum absolute atomic E-state index is 8.44. The van der Waals surface area contributed by atoms with Gasteiger partial charge in [-0.2, -0.15) is 0 Å². The van der Waals surface area contributed by atoms with Crippen LogP contribution in [0, 0.1) is 0 Å². The summed E-state index contributed by atoms with van der Waals surface area (Å²) in [7, 11) is -1.42. The SMILES string of the molecule is O=C([O-])O.O=[Si]=O.[Na+]. The molecule has 40 valence electrons. The van der Waals surface area contributed by atoms with Gasteiger partial charge in [-0.1, -0.05) is 0 Å². The summed E-state index contributed by atoms with van der Waals surface area (Å²) in [5.41, 5.74) is 0. The molecule has 0 fully saturated rings. The topological polar surface area (TPSA) is 94.5 Å². The van der Waals surface area contributed by atoms with Gasteiger partial charge in [-0.15, -0.1) is 0 Å². The average Bonchev–Trinajstić information content (AvgIpc) is 1.33. The van der Waals surface area contributed by atoms with Crippen molar-refractivity contribution in [3.05, 3.63) is 0 Å². The first-order valence-corrected chi connectivity index (χ1v) is 1.86. The van der Waals surface area contributed by atoms with Crippen LogP contribution in [0.5, 0.6) is 0 Å². The van der Waals surface area contributed by atoms with Gasteiger partial charge < -0.3 is 15.0 Å². The second-order valence-electron chi connectivity index (χ2n) is 0.349. The standard InChI is InChI=1S/CH2O3.Na.O2Si/c2-1(3)4;;1-3-2/h(H2,2,3,4);;/q;+1;/p-1. The van der Waals surface area contributed by atoms with Gasteiger partial charge in [0.1, 0.15) is 0 Å². The Labute approximate surface area is 68.9 Å². The van der Waals surface area contributed by atoms with E-state index in [-0.39, 0.29) is 29.6 Å². The Kier molecular flexibility index (Phi) is 30.8. The molecule has 0 saturated heterocycles. The molecule has 0 spiro atoms. The van der Waals surface area contributed by atoms with Gasteiger partial charge in [0.25, 0.3) is 0 Å². The summed E-state index contributed by atoms with van der Waals surface area (Å²) >= 11 is 0. The summed E-state index contributed by atoms with van der Waals surface area (Å²) < 4.78 is 16.8. The minimum Gasteiger partial charge on any atom is -0.565 e. The van der Waals surface area contributed by atoms with Crippen LogP contribution >= 0.6 is 0 Å². The predicted octanol–water partition coefficient (Wildman–Crippen LogP) is -4.73. The maximum Gasteiger partial charge on any atom is 1.00 e. The van der Waals surface area contributed by atoms with E-state index >= 15 is 0 Å². The monoisotopic (exact) mass is 144 g/mol. The first-order valence-electron chi connectivity index (χ1n) is 1.04. The van der Waals surface area contributed by atoms with E-state index in [0.29, 0.717) is 0 Å². The van der Waals surface area contributed by atoms with Crippen molar-refractivity contribution in [2.24, 2.45) is 0 Å². The normalized spacial score (nSPS) is 4.00. The zero-order valence-corrected chi connectivity index (χ0v) is 7.08. The van der Waals surface area contributed by atoms with Crippen LogP contribution in [-0.2, 0) is 8.92 Å². The molecule has 7 heteroatoms. The second kappa shape index (κ2) is 15.7. The molecule has 0 atom stereocenters. The summed E-state index contributed by atoms with van der Waals surface area (Å²) in [5, 5.41) is 15.3. The largest absolute Gasteiger partial charge is 1.00 e. The summed E-state index contributed by atoms with van der Waals surface area (Å²) in [6.45, 7) is 0. The maximum atomic E-state index is 8.44. The molecule has 0 aromatic rings. The number of carbonyl (C=O) groups is 1. The quantitative estimate of drug-likeness (QED) is 0.344. The van der Waals surface area contributed by atoms with Crippen molar-refractivity contribution in [2.75, 3.05) is 0 Å².